The van der Waals surface area contributed by atoms with E-state index in [9.17, 15) is 27.9 Å². The van der Waals surface area contributed by atoms with E-state index in [1.54, 1.807) is 20.8 Å². The molecule has 9 heteroatoms. The SMILES string of the molecule is CC(C)(C)OC(=O)NC(Cc1ccccc1OC(F)(F)F)C(=O)O. The van der Waals surface area contributed by atoms with E-state index < -0.39 is 42.2 Å². The number of carbonyl (C=O) groups is 2. The third-order valence-electron chi connectivity index (χ3n) is 2.61. The van der Waals surface area contributed by atoms with Crippen molar-refractivity contribution in [3.05, 3.63) is 29.8 Å². The Morgan fingerprint density at radius 1 is 1.21 bits per heavy atom. The molecule has 24 heavy (non-hydrogen) atoms. The van der Waals surface area contributed by atoms with Crippen LogP contribution in [0.1, 0.15) is 26.3 Å². The van der Waals surface area contributed by atoms with Crippen molar-refractivity contribution in [3.63, 3.8) is 0 Å². The molecule has 0 bridgehead atoms. The fourth-order valence-electron chi connectivity index (χ4n) is 1.77. The number of ether oxygens (including phenoxy) is 2. The van der Waals surface area contributed by atoms with E-state index in [0.717, 1.165) is 6.07 Å². The topological polar surface area (TPSA) is 84.9 Å². The van der Waals surface area contributed by atoms with E-state index in [-0.39, 0.29) is 5.56 Å². The first kappa shape index (κ1) is 19.6. The van der Waals surface area contributed by atoms with Gasteiger partial charge in [-0.05, 0) is 32.4 Å². The molecule has 1 unspecified atom stereocenters. The normalized spacial score (nSPS) is 13.1. The number of carboxylic acids is 1. The Morgan fingerprint density at radius 2 is 1.79 bits per heavy atom. The van der Waals surface area contributed by atoms with Gasteiger partial charge in [-0.1, -0.05) is 18.2 Å². The van der Waals surface area contributed by atoms with Gasteiger partial charge < -0.3 is 19.9 Å². The van der Waals surface area contributed by atoms with Gasteiger partial charge in [0.15, 0.2) is 0 Å². The number of alkyl halides is 3. The number of hydrogen-bond acceptors (Lipinski definition) is 4. The van der Waals surface area contributed by atoms with E-state index >= 15 is 0 Å². The van der Waals surface area contributed by atoms with E-state index in [4.69, 9.17) is 4.74 Å². The largest absolute Gasteiger partial charge is 0.573 e. The molecule has 134 valence electrons. The molecule has 0 saturated heterocycles. The lowest BCUT2D eigenvalue weighted by atomic mass is 10.1. The van der Waals surface area contributed by atoms with Gasteiger partial charge in [-0.15, -0.1) is 13.2 Å². The maximum Gasteiger partial charge on any atom is 0.573 e. The van der Waals surface area contributed by atoms with Gasteiger partial charge in [0.25, 0.3) is 0 Å². The van der Waals surface area contributed by atoms with Gasteiger partial charge in [0, 0.05) is 6.42 Å². The summed E-state index contributed by atoms with van der Waals surface area (Å²) in [4.78, 5) is 22.9. The van der Waals surface area contributed by atoms with Gasteiger partial charge in [-0.25, -0.2) is 9.59 Å². The minimum Gasteiger partial charge on any atom is -0.480 e. The smallest absolute Gasteiger partial charge is 0.480 e. The summed E-state index contributed by atoms with van der Waals surface area (Å²) in [7, 11) is 0. The number of hydrogen-bond donors (Lipinski definition) is 2. The Labute approximate surface area is 136 Å². The number of benzene rings is 1. The van der Waals surface area contributed by atoms with Gasteiger partial charge in [0.05, 0.1) is 0 Å². The molecule has 1 aromatic rings. The van der Waals surface area contributed by atoms with Gasteiger partial charge >= 0.3 is 18.4 Å². The number of alkyl carbamates (subject to hydrolysis) is 1. The molecule has 0 aliphatic rings. The van der Waals surface area contributed by atoms with Crippen LogP contribution in [0.25, 0.3) is 0 Å². The lowest BCUT2D eigenvalue weighted by molar-refractivity contribution is -0.274. The molecule has 0 radical (unpaired) electrons. The van der Waals surface area contributed by atoms with Crippen LogP contribution < -0.4 is 10.1 Å². The van der Waals surface area contributed by atoms with Crippen LogP contribution in [0, 0.1) is 0 Å². The summed E-state index contributed by atoms with van der Waals surface area (Å²) in [6.45, 7) is 4.78. The average molecular weight is 349 g/mol. The van der Waals surface area contributed by atoms with E-state index in [1.807, 2.05) is 0 Å². The van der Waals surface area contributed by atoms with Crippen molar-refractivity contribution < 1.29 is 37.3 Å². The van der Waals surface area contributed by atoms with Crippen molar-refractivity contribution in [2.24, 2.45) is 0 Å². The highest BCUT2D eigenvalue weighted by Crippen LogP contribution is 2.27. The third-order valence-corrected chi connectivity index (χ3v) is 2.61. The van der Waals surface area contributed by atoms with Gasteiger partial charge in [0.2, 0.25) is 0 Å². The van der Waals surface area contributed by atoms with Crippen LogP contribution in [-0.2, 0) is 16.0 Å². The highest BCUT2D eigenvalue weighted by atomic mass is 19.4. The summed E-state index contributed by atoms with van der Waals surface area (Å²) in [5.74, 6) is -1.94. The Bertz CT molecular complexity index is 596. The van der Waals surface area contributed by atoms with Crippen molar-refractivity contribution in [2.75, 3.05) is 0 Å². The molecule has 0 aliphatic carbocycles. The first-order valence-electron chi connectivity index (χ1n) is 6.93. The molecule has 0 saturated carbocycles. The predicted molar refractivity (Wildman–Crippen MR) is 77.6 cm³/mol. The van der Waals surface area contributed by atoms with E-state index in [1.165, 1.54) is 18.2 Å². The summed E-state index contributed by atoms with van der Waals surface area (Å²) >= 11 is 0. The minimum absolute atomic E-state index is 0.0155. The number of nitrogens with one attached hydrogen (secondary N) is 1. The first-order valence-corrected chi connectivity index (χ1v) is 6.93. The molecule has 0 heterocycles. The van der Waals surface area contributed by atoms with Crippen LogP contribution in [0.3, 0.4) is 0 Å². The number of para-hydroxylation sites is 1. The van der Waals surface area contributed by atoms with Crippen LogP contribution in [0.2, 0.25) is 0 Å². The molecule has 1 atom stereocenters. The standard InChI is InChI=1S/C15H18F3NO5/c1-14(2,3)24-13(22)19-10(12(20)21)8-9-6-4-5-7-11(9)23-15(16,17)18/h4-7,10H,8H2,1-3H3,(H,19,22)(H,20,21). The zero-order valence-corrected chi connectivity index (χ0v) is 13.3. The molecule has 1 aromatic carbocycles. The van der Waals surface area contributed by atoms with E-state index in [2.05, 4.69) is 10.1 Å². The Kier molecular flexibility index (Phi) is 6.05. The minimum atomic E-state index is -4.91. The Balaban J connectivity index is 2.90. The molecule has 1 amide bonds. The van der Waals surface area contributed by atoms with Gasteiger partial charge in [0.1, 0.15) is 17.4 Å². The second kappa shape index (κ2) is 7.41. The summed E-state index contributed by atoms with van der Waals surface area (Å²) in [6.07, 6.45) is -6.29. The molecular weight excluding hydrogens is 331 g/mol. The monoisotopic (exact) mass is 349 g/mol. The van der Waals surface area contributed by atoms with Crippen molar-refractivity contribution in [3.8, 4) is 5.75 Å². The van der Waals surface area contributed by atoms with Crippen molar-refractivity contribution >= 4 is 12.1 Å². The number of carboxylic acid groups (broad SMARTS) is 1. The molecule has 2 N–H and O–H groups in total. The zero-order valence-electron chi connectivity index (χ0n) is 13.3. The quantitative estimate of drug-likeness (QED) is 0.853. The molecule has 6 nitrogen and oxygen atoms in total. The zero-order chi connectivity index (χ0) is 18.5. The number of rotatable bonds is 5. The molecule has 0 aromatic heterocycles. The lowest BCUT2D eigenvalue weighted by Crippen LogP contribution is -2.44. The molecule has 0 spiro atoms. The van der Waals surface area contributed by atoms with Crippen LogP contribution in [0.15, 0.2) is 24.3 Å². The second-order valence-electron chi connectivity index (χ2n) is 5.90. The Hall–Kier alpha value is -2.45. The Morgan fingerprint density at radius 3 is 2.29 bits per heavy atom. The number of halogens is 3. The summed E-state index contributed by atoms with van der Waals surface area (Å²) in [5.41, 5.74) is -0.858. The first-order chi connectivity index (χ1) is 10.9. The molecule has 0 fully saturated rings. The fourth-order valence-corrected chi connectivity index (χ4v) is 1.77. The van der Waals surface area contributed by atoms with Crippen LogP contribution in [0.4, 0.5) is 18.0 Å². The highest BCUT2D eigenvalue weighted by Gasteiger charge is 2.33. The fraction of sp³-hybridized carbons (Fsp3) is 0.467. The lowest BCUT2D eigenvalue weighted by Gasteiger charge is -2.22. The number of amides is 1. The number of carbonyl (C=O) groups excluding carboxylic acids is 1. The predicted octanol–water partition coefficient (Wildman–Crippen LogP) is 3.11. The molecule has 0 aliphatic heterocycles. The third kappa shape index (κ3) is 7.21. The summed E-state index contributed by atoms with van der Waals surface area (Å²) in [6, 6.07) is 3.63. The van der Waals surface area contributed by atoms with Crippen LogP contribution in [-0.4, -0.2) is 35.2 Å². The second-order valence-corrected chi connectivity index (χ2v) is 5.90. The summed E-state index contributed by atoms with van der Waals surface area (Å²) < 4.78 is 46.0. The maximum atomic E-state index is 12.4. The molecular formula is C15H18F3NO5. The molecule has 1 rings (SSSR count). The average Bonchev–Trinajstić information content (AvgIpc) is 2.36. The summed E-state index contributed by atoms with van der Waals surface area (Å²) in [5, 5.41) is 11.3. The maximum absolute atomic E-state index is 12.4. The van der Waals surface area contributed by atoms with Crippen LogP contribution >= 0.6 is 0 Å². The van der Waals surface area contributed by atoms with Gasteiger partial charge in [-0.2, -0.15) is 0 Å². The van der Waals surface area contributed by atoms with Crippen molar-refractivity contribution in [2.45, 2.75) is 45.2 Å². The highest BCUT2D eigenvalue weighted by molar-refractivity contribution is 5.80. The van der Waals surface area contributed by atoms with E-state index in [0.29, 0.717) is 0 Å². The number of aliphatic carboxylic acids is 1. The van der Waals surface area contributed by atoms with Crippen molar-refractivity contribution in [1.29, 1.82) is 0 Å². The van der Waals surface area contributed by atoms with Crippen molar-refractivity contribution in [1.82, 2.24) is 5.32 Å². The van der Waals surface area contributed by atoms with Gasteiger partial charge in [-0.3, -0.25) is 0 Å². The van der Waals surface area contributed by atoms with Crippen LogP contribution in [0.5, 0.6) is 5.75 Å².